The number of pyridine rings is 1. The molecule has 0 radical (unpaired) electrons. The molecule has 2 heterocycles. The normalized spacial score (nSPS) is 15.8. The molecular formula is C26H40IN5. The third kappa shape index (κ3) is 9.45. The standard InChI is InChI=1S/C26H39N5.HI/c1-26(2,16-9-12-22-10-5-4-6-11-22)21-29-25(27-3)30-23-14-18-31(19-15-23)20-24-13-7-8-17-28-24;/h4-8,10-11,13,17,23H,9,12,14-16,18-21H2,1-3H3,(H2,27,29,30);1H. The predicted octanol–water partition coefficient (Wildman–Crippen LogP) is 4.88. The van der Waals surface area contributed by atoms with Gasteiger partial charge in [-0.25, -0.2) is 0 Å². The molecule has 1 aromatic carbocycles. The number of likely N-dealkylation sites (tertiary alicyclic amines) is 1. The molecule has 1 aromatic heterocycles. The number of piperidine rings is 1. The summed E-state index contributed by atoms with van der Waals surface area (Å²) >= 11 is 0. The largest absolute Gasteiger partial charge is 0.356 e. The third-order valence-corrected chi connectivity index (χ3v) is 6.16. The van der Waals surface area contributed by atoms with Crippen LogP contribution >= 0.6 is 24.0 Å². The summed E-state index contributed by atoms with van der Waals surface area (Å²) in [6.07, 6.45) is 7.69. The van der Waals surface area contributed by atoms with E-state index in [1.54, 1.807) is 0 Å². The molecule has 5 nitrogen and oxygen atoms in total. The zero-order chi connectivity index (χ0) is 21.9. The van der Waals surface area contributed by atoms with Gasteiger partial charge in [-0.2, -0.15) is 0 Å². The first-order valence-corrected chi connectivity index (χ1v) is 11.7. The molecule has 0 atom stereocenters. The Morgan fingerprint density at radius 1 is 1.09 bits per heavy atom. The van der Waals surface area contributed by atoms with Gasteiger partial charge in [-0.1, -0.05) is 50.2 Å². The highest BCUT2D eigenvalue weighted by Gasteiger charge is 2.22. The van der Waals surface area contributed by atoms with Crippen molar-refractivity contribution in [3.05, 3.63) is 66.0 Å². The van der Waals surface area contributed by atoms with Crippen LogP contribution in [0, 0.1) is 5.41 Å². The van der Waals surface area contributed by atoms with Crippen LogP contribution in [0.1, 0.15) is 50.8 Å². The summed E-state index contributed by atoms with van der Waals surface area (Å²) in [7, 11) is 1.87. The van der Waals surface area contributed by atoms with E-state index in [-0.39, 0.29) is 29.4 Å². The van der Waals surface area contributed by atoms with Gasteiger partial charge in [-0.3, -0.25) is 14.9 Å². The highest BCUT2D eigenvalue weighted by molar-refractivity contribution is 14.0. The fourth-order valence-electron chi connectivity index (χ4n) is 4.17. The van der Waals surface area contributed by atoms with Crippen LogP contribution in [-0.4, -0.2) is 48.6 Å². The Hall–Kier alpha value is -1.67. The van der Waals surface area contributed by atoms with Gasteiger partial charge in [0.05, 0.1) is 5.69 Å². The van der Waals surface area contributed by atoms with Crippen molar-refractivity contribution in [2.75, 3.05) is 26.7 Å². The van der Waals surface area contributed by atoms with Gasteiger partial charge < -0.3 is 10.6 Å². The molecule has 1 saturated heterocycles. The van der Waals surface area contributed by atoms with Gasteiger partial charge in [-0.05, 0) is 55.2 Å². The number of aromatic nitrogens is 1. The molecule has 6 heteroatoms. The van der Waals surface area contributed by atoms with Crippen LogP contribution < -0.4 is 10.6 Å². The number of halogens is 1. The molecule has 176 valence electrons. The zero-order valence-corrected chi connectivity index (χ0v) is 22.2. The van der Waals surface area contributed by atoms with Crippen molar-refractivity contribution in [1.82, 2.24) is 20.5 Å². The quantitative estimate of drug-likeness (QED) is 0.266. The van der Waals surface area contributed by atoms with Gasteiger partial charge >= 0.3 is 0 Å². The molecule has 0 amide bonds. The number of rotatable bonds is 9. The summed E-state index contributed by atoms with van der Waals surface area (Å²) in [5.41, 5.74) is 2.82. The number of nitrogens with one attached hydrogen (secondary N) is 2. The molecule has 0 unspecified atom stereocenters. The molecule has 0 saturated carbocycles. The molecule has 0 bridgehead atoms. The Bertz CT molecular complexity index is 786. The monoisotopic (exact) mass is 549 g/mol. The highest BCUT2D eigenvalue weighted by Crippen LogP contribution is 2.22. The Morgan fingerprint density at radius 2 is 1.81 bits per heavy atom. The summed E-state index contributed by atoms with van der Waals surface area (Å²) in [5.74, 6) is 0.930. The van der Waals surface area contributed by atoms with Crippen LogP contribution in [0.2, 0.25) is 0 Å². The Labute approximate surface area is 211 Å². The number of nitrogens with zero attached hydrogens (tertiary/aromatic N) is 3. The lowest BCUT2D eigenvalue weighted by atomic mass is 9.86. The van der Waals surface area contributed by atoms with Gasteiger partial charge in [-0.15, -0.1) is 24.0 Å². The molecule has 1 fully saturated rings. The van der Waals surface area contributed by atoms with E-state index in [0.717, 1.165) is 57.1 Å². The first kappa shape index (κ1) is 26.6. The Morgan fingerprint density at radius 3 is 2.47 bits per heavy atom. The number of guanidine groups is 1. The van der Waals surface area contributed by atoms with Crippen molar-refractivity contribution in [2.24, 2.45) is 10.4 Å². The lowest BCUT2D eigenvalue weighted by molar-refractivity contribution is 0.196. The van der Waals surface area contributed by atoms with Gasteiger partial charge in [0.15, 0.2) is 5.96 Å². The minimum absolute atomic E-state index is 0. The lowest BCUT2D eigenvalue weighted by Crippen LogP contribution is -2.50. The van der Waals surface area contributed by atoms with E-state index in [1.165, 1.54) is 18.4 Å². The van der Waals surface area contributed by atoms with Crippen molar-refractivity contribution in [3.63, 3.8) is 0 Å². The molecule has 32 heavy (non-hydrogen) atoms. The van der Waals surface area contributed by atoms with Gasteiger partial charge in [0.25, 0.3) is 0 Å². The topological polar surface area (TPSA) is 52.6 Å². The average molecular weight is 550 g/mol. The minimum Gasteiger partial charge on any atom is -0.356 e. The van der Waals surface area contributed by atoms with Gasteiger partial charge in [0.1, 0.15) is 0 Å². The number of aliphatic imine (C=N–C) groups is 1. The van der Waals surface area contributed by atoms with E-state index < -0.39 is 0 Å². The predicted molar refractivity (Wildman–Crippen MR) is 146 cm³/mol. The summed E-state index contributed by atoms with van der Waals surface area (Å²) in [5, 5.41) is 7.21. The number of benzene rings is 1. The number of aryl methyl sites for hydroxylation is 1. The first-order valence-electron chi connectivity index (χ1n) is 11.7. The second-order valence-electron chi connectivity index (χ2n) is 9.44. The van der Waals surface area contributed by atoms with Crippen LogP contribution in [0.3, 0.4) is 0 Å². The number of hydrogen-bond acceptors (Lipinski definition) is 3. The Kier molecular flexibility index (Phi) is 11.4. The van der Waals surface area contributed by atoms with Crippen LogP contribution in [0.25, 0.3) is 0 Å². The summed E-state index contributed by atoms with van der Waals surface area (Å²) in [6.45, 7) is 8.74. The summed E-state index contributed by atoms with van der Waals surface area (Å²) < 4.78 is 0. The van der Waals surface area contributed by atoms with E-state index in [1.807, 2.05) is 19.3 Å². The maximum absolute atomic E-state index is 4.47. The fourth-order valence-corrected chi connectivity index (χ4v) is 4.17. The van der Waals surface area contributed by atoms with Gasteiger partial charge in [0.2, 0.25) is 0 Å². The van der Waals surface area contributed by atoms with Gasteiger partial charge in [0, 0.05) is 45.5 Å². The van der Waals surface area contributed by atoms with Crippen molar-refractivity contribution in [2.45, 2.75) is 58.5 Å². The molecular weight excluding hydrogens is 509 g/mol. The van der Waals surface area contributed by atoms with Crippen LogP contribution in [0.5, 0.6) is 0 Å². The van der Waals surface area contributed by atoms with E-state index >= 15 is 0 Å². The molecule has 2 N–H and O–H groups in total. The molecule has 1 aliphatic rings. The summed E-state index contributed by atoms with van der Waals surface area (Å²) in [6, 6.07) is 17.4. The van der Waals surface area contributed by atoms with E-state index in [0.29, 0.717) is 6.04 Å². The highest BCUT2D eigenvalue weighted by atomic mass is 127. The molecule has 1 aliphatic heterocycles. The fraction of sp³-hybridized carbons (Fsp3) is 0.538. The van der Waals surface area contributed by atoms with Crippen LogP contribution in [-0.2, 0) is 13.0 Å². The average Bonchev–Trinajstić information content (AvgIpc) is 2.79. The molecule has 3 rings (SSSR count). The molecule has 0 spiro atoms. The first-order chi connectivity index (χ1) is 15.0. The second kappa shape index (κ2) is 13.8. The summed E-state index contributed by atoms with van der Waals surface area (Å²) in [4.78, 5) is 11.4. The van der Waals surface area contributed by atoms with Crippen molar-refractivity contribution in [3.8, 4) is 0 Å². The van der Waals surface area contributed by atoms with E-state index in [2.05, 4.69) is 81.8 Å². The zero-order valence-electron chi connectivity index (χ0n) is 19.9. The number of hydrogen-bond donors (Lipinski definition) is 2. The van der Waals surface area contributed by atoms with Crippen LogP contribution in [0.4, 0.5) is 0 Å². The second-order valence-corrected chi connectivity index (χ2v) is 9.44. The maximum Gasteiger partial charge on any atom is 0.191 e. The van der Waals surface area contributed by atoms with E-state index in [4.69, 9.17) is 0 Å². The van der Waals surface area contributed by atoms with Crippen molar-refractivity contribution in [1.29, 1.82) is 0 Å². The molecule has 0 aliphatic carbocycles. The molecule has 2 aromatic rings. The third-order valence-electron chi connectivity index (χ3n) is 6.16. The minimum atomic E-state index is 0. The Balaban J connectivity index is 0.00000363. The SMILES string of the molecule is CN=C(NCC(C)(C)CCCc1ccccc1)NC1CCN(Cc2ccccn2)CC1.I. The van der Waals surface area contributed by atoms with Crippen molar-refractivity contribution >= 4 is 29.9 Å². The van der Waals surface area contributed by atoms with Crippen molar-refractivity contribution < 1.29 is 0 Å². The maximum atomic E-state index is 4.47. The van der Waals surface area contributed by atoms with Crippen LogP contribution in [0.15, 0.2) is 59.7 Å². The van der Waals surface area contributed by atoms with E-state index in [9.17, 15) is 0 Å². The smallest absolute Gasteiger partial charge is 0.191 e. The lowest BCUT2D eigenvalue weighted by Gasteiger charge is -2.33.